The first kappa shape index (κ1) is 38.8. The summed E-state index contributed by atoms with van der Waals surface area (Å²) in [6, 6.07) is 74.7. The third-order valence-corrected chi connectivity index (χ3v) is 12.4. The lowest BCUT2D eigenvalue weighted by Crippen LogP contribution is -2.13. The molecule has 0 heterocycles. The van der Waals surface area contributed by atoms with Gasteiger partial charge in [0.2, 0.25) is 0 Å². The summed E-state index contributed by atoms with van der Waals surface area (Å²) in [5, 5.41) is 2.39. The standard InChI is InChI=1S/C60H48N2/c1-39-35-41(3)57(52(37-39)54(44-23-12-6-13-24-44)45-25-14-7-15-26-45)61-59-50-32-20-31-49-48(43-21-10-5-11-22-43)33-34-51(56(49)50)60(59)62-58-42(4)36-40(2)38-53(58)55(46-27-16-8-17-28-46)47-29-18-9-19-30-47/h5-38,54-55H,1-4H3. The van der Waals surface area contributed by atoms with Gasteiger partial charge in [-0.15, -0.1) is 0 Å². The molecule has 0 fully saturated rings. The summed E-state index contributed by atoms with van der Waals surface area (Å²) in [5.74, 6) is -0.0492. The van der Waals surface area contributed by atoms with Crippen LogP contribution in [0.1, 0.15) is 78.6 Å². The van der Waals surface area contributed by atoms with Crippen LogP contribution in [0.3, 0.4) is 0 Å². The molecule has 0 saturated carbocycles. The highest BCUT2D eigenvalue weighted by atomic mass is 14.8. The van der Waals surface area contributed by atoms with Crippen molar-refractivity contribution in [3.05, 3.63) is 273 Å². The highest BCUT2D eigenvalue weighted by Crippen LogP contribution is 2.45. The van der Waals surface area contributed by atoms with E-state index < -0.39 is 0 Å². The van der Waals surface area contributed by atoms with Gasteiger partial charge in [-0.05, 0) is 88.7 Å². The zero-order valence-electron chi connectivity index (χ0n) is 35.7. The lowest BCUT2D eigenvalue weighted by molar-refractivity contribution is 0.969. The first-order valence-electron chi connectivity index (χ1n) is 21.6. The van der Waals surface area contributed by atoms with Crippen LogP contribution >= 0.6 is 0 Å². The summed E-state index contributed by atoms with van der Waals surface area (Å²) in [5.41, 5.74) is 20.3. The Kier molecular flexibility index (Phi) is 10.4. The fourth-order valence-corrected chi connectivity index (χ4v) is 9.79. The maximum atomic E-state index is 5.91. The smallest absolute Gasteiger partial charge is 0.0979 e. The fraction of sp³-hybridized carbons (Fsp3) is 0.100. The molecule has 0 spiro atoms. The van der Waals surface area contributed by atoms with Gasteiger partial charge >= 0.3 is 0 Å². The lowest BCUT2D eigenvalue weighted by Gasteiger charge is -2.23. The van der Waals surface area contributed by atoms with E-state index in [2.05, 4.69) is 234 Å². The second kappa shape index (κ2) is 16.6. The van der Waals surface area contributed by atoms with E-state index in [9.17, 15) is 0 Å². The van der Waals surface area contributed by atoms with Crippen molar-refractivity contribution in [2.75, 3.05) is 0 Å². The summed E-state index contributed by atoms with van der Waals surface area (Å²) >= 11 is 0. The third kappa shape index (κ3) is 7.18. The molecule has 2 heteroatoms. The van der Waals surface area contributed by atoms with Crippen LogP contribution in [0.15, 0.2) is 216 Å². The number of benzene rings is 9. The number of nitrogens with zero attached hydrogens (tertiary/aromatic N) is 2. The molecule has 0 saturated heterocycles. The van der Waals surface area contributed by atoms with Crippen LogP contribution in [0, 0.1) is 27.7 Å². The van der Waals surface area contributed by atoms with Crippen molar-refractivity contribution in [1.29, 1.82) is 0 Å². The van der Waals surface area contributed by atoms with Gasteiger partial charge in [0, 0.05) is 28.3 Å². The van der Waals surface area contributed by atoms with Crippen molar-refractivity contribution in [2.24, 2.45) is 9.98 Å². The summed E-state index contributed by atoms with van der Waals surface area (Å²) in [7, 11) is 0. The minimum absolute atomic E-state index is 0.0246. The Morgan fingerprint density at radius 2 is 0.710 bits per heavy atom. The topological polar surface area (TPSA) is 24.7 Å². The molecular weight excluding hydrogens is 749 g/mol. The maximum Gasteiger partial charge on any atom is 0.0979 e. The van der Waals surface area contributed by atoms with Crippen molar-refractivity contribution >= 4 is 33.6 Å². The van der Waals surface area contributed by atoms with E-state index in [0.717, 1.165) is 45.1 Å². The molecule has 1 aliphatic rings. The quantitative estimate of drug-likeness (QED) is 0.130. The minimum atomic E-state index is -0.0246. The SMILES string of the molecule is Cc1cc(C)c(N=C2C(=Nc3c(C)cc(C)cc3C(c3ccccc3)c3ccccc3)c3ccc(-c4ccccc4)c4cccc2c34)c(C(c2ccccc2)c2ccccc2)c1. The van der Waals surface area contributed by atoms with E-state index in [0.29, 0.717) is 0 Å². The Bertz CT molecular complexity index is 2890. The molecule has 298 valence electrons. The molecule has 9 aromatic carbocycles. The predicted molar refractivity (Wildman–Crippen MR) is 261 cm³/mol. The van der Waals surface area contributed by atoms with Crippen LogP contribution in [0.5, 0.6) is 0 Å². The van der Waals surface area contributed by atoms with Crippen LogP contribution < -0.4 is 0 Å². The van der Waals surface area contributed by atoms with Crippen LogP contribution in [0.2, 0.25) is 0 Å². The van der Waals surface area contributed by atoms with Crippen LogP contribution in [-0.4, -0.2) is 11.4 Å². The van der Waals surface area contributed by atoms with Crippen LogP contribution in [0.25, 0.3) is 21.9 Å². The summed E-state index contributed by atoms with van der Waals surface area (Å²) in [6.07, 6.45) is 0. The van der Waals surface area contributed by atoms with Gasteiger partial charge in [-0.25, -0.2) is 9.98 Å². The van der Waals surface area contributed by atoms with E-state index in [1.165, 1.54) is 66.4 Å². The second-order valence-electron chi connectivity index (χ2n) is 16.7. The van der Waals surface area contributed by atoms with Gasteiger partial charge in [0.05, 0.1) is 22.8 Å². The molecular formula is C60H48N2. The molecule has 0 bridgehead atoms. The average molecular weight is 797 g/mol. The van der Waals surface area contributed by atoms with Crippen molar-refractivity contribution in [3.63, 3.8) is 0 Å². The van der Waals surface area contributed by atoms with Crippen molar-refractivity contribution < 1.29 is 0 Å². The van der Waals surface area contributed by atoms with Gasteiger partial charge in [0.25, 0.3) is 0 Å². The summed E-state index contributed by atoms with van der Waals surface area (Å²) < 4.78 is 0. The molecule has 0 unspecified atom stereocenters. The highest BCUT2D eigenvalue weighted by Gasteiger charge is 2.31. The summed E-state index contributed by atoms with van der Waals surface area (Å²) in [6.45, 7) is 8.81. The fourth-order valence-electron chi connectivity index (χ4n) is 9.79. The Morgan fingerprint density at radius 3 is 1.13 bits per heavy atom. The van der Waals surface area contributed by atoms with Gasteiger partial charge in [-0.1, -0.05) is 217 Å². The number of hydrogen-bond donors (Lipinski definition) is 0. The van der Waals surface area contributed by atoms with Gasteiger partial charge in [-0.3, -0.25) is 0 Å². The van der Waals surface area contributed by atoms with Gasteiger partial charge < -0.3 is 0 Å². The molecule has 0 N–H and O–H groups in total. The molecule has 1 aliphatic carbocycles. The number of aliphatic imine (C=N–C) groups is 2. The van der Waals surface area contributed by atoms with Crippen molar-refractivity contribution in [1.82, 2.24) is 0 Å². The second-order valence-corrected chi connectivity index (χ2v) is 16.7. The van der Waals surface area contributed by atoms with Gasteiger partial charge in [-0.2, -0.15) is 0 Å². The molecule has 0 radical (unpaired) electrons. The van der Waals surface area contributed by atoms with Gasteiger partial charge in [0.15, 0.2) is 0 Å². The third-order valence-electron chi connectivity index (χ3n) is 12.4. The Balaban J connectivity index is 1.28. The average Bonchev–Trinajstić information content (AvgIpc) is 3.60. The Hall–Kier alpha value is -7.42. The van der Waals surface area contributed by atoms with Gasteiger partial charge in [0.1, 0.15) is 0 Å². The molecule has 0 amide bonds. The largest absolute Gasteiger partial charge is 0.245 e. The molecule has 62 heavy (non-hydrogen) atoms. The zero-order valence-corrected chi connectivity index (χ0v) is 35.7. The number of rotatable bonds is 9. The zero-order chi connectivity index (χ0) is 42.2. The normalized spacial score (nSPS) is 13.5. The molecule has 2 nitrogen and oxygen atoms in total. The molecule has 9 aromatic rings. The first-order chi connectivity index (χ1) is 30.4. The summed E-state index contributed by atoms with van der Waals surface area (Å²) in [4.78, 5) is 11.8. The Morgan fingerprint density at radius 1 is 0.339 bits per heavy atom. The maximum absolute atomic E-state index is 5.91. The molecule has 0 atom stereocenters. The van der Waals surface area contributed by atoms with E-state index in [4.69, 9.17) is 9.98 Å². The van der Waals surface area contributed by atoms with E-state index in [1.54, 1.807) is 0 Å². The molecule has 0 aliphatic heterocycles. The molecule has 10 rings (SSSR count). The van der Waals surface area contributed by atoms with Crippen molar-refractivity contribution in [2.45, 2.75) is 39.5 Å². The van der Waals surface area contributed by atoms with Crippen LogP contribution in [-0.2, 0) is 0 Å². The van der Waals surface area contributed by atoms with Crippen LogP contribution in [0.4, 0.5) is 11.4 Å². The van der Waals surface area contributed by atoms with E-state index >= 15 is 0 Å². The highest BCUT2D eigenvalue weighted by molar-refractivity contribution is 6.61. The number of hydrogen-bond acceptors (Lipinski definition) is 2. The van der Waals surface area contributed by atoms with E-state index in [-0.39, 0.29) is 11.8 Å². The molecule has 0 aromatic heterocycles. The Labute approximate surface area is 365 Å². The first-order valence-corrected chi connectivity index (χ1v) is 21.6. The minimum Gasteiger partial charge on any atom is -0.245 e. The predicted octanol–water partition coefficient (Wildman–Crippen LogP) is 15.4. The van der Waals surface area contributed by atoms with Crippen molar-refractivity contribution in [3.8, 4) is 11.1 Å². The van der Waals surface area contributed by atoms with E-state index in [1.807, 2.05) is 0 Å². The lowest BCUT2D eigenvalue weighted by atomic mass is 9.82. The monoisotopic (exact) mass is 796 g/mol. The number of aryl methyl sites for hydroxylation is 4.